The highest BCUT2D eigenvalue weighted by Crippen LogP contribution is 2.27. The third-order valence-corrected chi connectivity index (χ3v) is 3.84. The first kappa shape index (κ1) is 16.0. The average Bonchev–Trinajstić information content (AvgIpc) is 2.75. The molecule has 0 radical (unpaired) electrons. The number of halogens is 1. The van der Waals surface area contributed by atoms with Crippen LogP contribution in [0.5, 0.6) is 0 Å². The number of nitrogens with one attached hydrogen (secondary N) is 1. The number of carbonyl (C=O) groups excluding carboxylic acids is 1. The quantitative estimate of drug-likeness (QED) is 0.891. The largest absolute Gasteiger partial charge is 0.327 e. The van der Waals surface area contributed by atoms with Gasteiger partial charge >= 0.3 is 0 Å². The lowest BCUT2D eigenvalue weighted by Crippen LogP contribution is -2.28. The smallest absolute Gasteiger partial charge is 0.224 e. The van der Waals surface area contributed by atoms with Crippen molar-refractivity contribution < 1.29 is 4.79 Å². The number of rotatable bonds is 4. The van der Waals surface area contributed by atoms with Gasteiger partial charge in [0.15, 0.2) is 0 Å². The molecule has 2 rings (SSSR count). The Morgan fingerprint density at radius 1 is 1.37 bits per heavy atom. The van der Waals surface area contributed by atoms with Crippen LogP contribution < -0.4 is 11.1 Å². The van der Waals surface area contributed by atoms with Gasteiger partial charge in [-0.1, -0.05) is 31.5 Å². The van der Waals surface area contributed by atoms with E-state index in [1.807, 2.05) is 18.2 Å². The summed E-state index contributed by atoms with van der Waals surface area (Å²) < 4.78 is 0. The number of hydrogen-bond donors (Lipinski definition) is 2. The van der Waals surface area contributed by atoms with Gasteiger partial charge in [0.25, 0.3) is 0 Å². The Bertz CT molecular complexity index is 422. The number of aryl methyl sites for hydroxylation is 1. The molecule has 0 bridgehead atoms. The van der Waals surface area contributed by atoms with Gasteiger partial charge in [-0.15, -0.1) is 12.4 Å². The zero-order valence-corrected chi connectivity index (χ0v) is 12.2. The van der Waals surface area contributed by atoms with E-state index in [4.69, 9.17) is 5.73 Å². The van der Waals surface area contributed by atoms with Gasteiger partial charge in [0.1, 0.15) is 0 Å². The summed E-state index contributed by atoms with van der Waals surface area (Å²) in [5.74, 6) is 0.456. The molecule has 1 aliphatic carbocycles. The maximum Gasteiger partial charge on any atom is 0.224 e. The Balaban J connectivity index is 0.00000180. The fraction of sp³-hybridized carbons (Fsp3) is 0.533. The number of hydrogen-bond acceptors (Lipinski definition) is 2. The summed E-state index contributed by atoms with van der Waals surface area (Å²) in [6.45, 7) is 2.10. The molecule has 1 saturated carbocycles. The molecule has 0 aliphatic heterocycles. The lowest BCUT2D eigenvalue weighted by atomic mass is 9.99. The van der Waals surface area contributed by atoms with Gasteiger partial charge in [0.05, 0.1) is 0 Å². The molecule has 2 atom stereocenters. The Hall–Kier alpha value is -1.06. The number of nitrogens with two attached hydrogens (primary N) is 1. The zero-order chi connectivity index (χ0) is 13.0. The summed E-state index contributed by atoms with van der Waals surface area (Å²) in [5, 5.41) is 3.01. The minimum atomic E-state index is 0. The first-order chi connectivity index (χ1) is 8.70. The van der Waals surface area contributed by atoms with Crippen LogP contribution in [0.25, 0.3) is 0 Å². The summed E-state index contributed by atoms with van der Waals surface area (Å²) in [4.78, 5) is 12.0. The Morgan fingerprint density at radius 2 is 2.11 bits per heavy atom. The SMILES string of the molecule is CCc1ccccc1NC(=O)C[C@@H]1CCC[C@H]1N.Cl. The van der Waals surface area contributed by atoms with Crippen LogP contribution >= 0.6 is 12.4 Å². The first-order valence-corrected chi connectivity index (χ1v) is 6.84. The van der Waals surface area contributed by atoms with Crippen molar-refractivity contribution in [2.45, 2.75) is 45.1 Å². The Kier molecular flexibility index (Phi) is 6.32. The number of amides is 1. The molecule has 3 N–H and O–H groups in total. The highest BCUT2D eigenvalue weighted by Gasteiger charge is 2.26. The molecule has 19 heavy (non-hydrogen) atoms. The van der Waals surface area contributed by atoms with E-state index in [-0.39, 0.29) is 24.4 Å². The summed E-state index contributed by atoms with van der Waals surface area (Å²) in [5.41, 5.74) is 8.12. The molecule has 0 heterocycles. The van der Waals surface area contributed by atoms with Crippen molar-refractivity contribution in [3.05, 3.63) is 29.8 Å². The number of anilines is 1. The molecular formula is C15H23ClN2O. The van der Waals surface area contributed by atoms with Crippen molar-refractivity contribution in [3.63, 3.8) is 0 Å². The predicted octanol–water partition coefficient (Wildman–Crippen LogP) is 3.13. The highest BCUT2D eigenvalue weighted by atomic mass is 35.5. The van der Waals surface area contributed by atoms with Crippen molar-refractivity contribution in [2.75, 3.05) is 5.32 Å². The van der Waals surface area contributed by atoms with Crippen LogP contribution in [0, 0.1) is 5.92 Å². The third-order valence-electron chi connectivity index (χ3n) is 3.84. The molecule has 1 fully saturated rings. The lowest BCUT2D eigenvalue weighted by molar-refractivity contribution is -0.117. The van der Waals surface area contributed by atoms with Crippen LogP contribution in [-0.4, -0.2) is 11.9 Å². The zero-order valence-electron chi connectivity index (χ0n) is 11.4. The second-order valence-electron chi connectivity index (χ2n) is 5.12. The molecule has 1 amide bonds. The first-order valence-electron chi connectivity index (χ1n) is 6.84. The molecule has 0 aromatic heterocycles. The monoisotopic (exact) mass is 282 g/mol. The predicted molar refractivity (Wildman–Crippen MR) is 81.6 cm³/mol. The topological polar surface area (TPSA) is 55.1 Å². The van der Waals surface area contributed by atoms with Gasteiger partial charge in [-0.25, -0.2) is 0 Å². The summed E-state index contributed by atoms with van der Waals surface area (Å²) in [6.07, 6.45) is 4.79. The van der Waals surface area contributed by atoms with Crippen LogP contribution in [0.4, 0.5) is 5.69 Å². The second-order valence-corrected chi connectivity index (χ2v) is 5.12. The maximum atomic E-state index is 12.0. The Labute approximate surface area is 121 Å². The fourth-order valence-corrected chi connectivity index (χ4v) is 2.71. The Morgan fingerprint density at radius 3 is 2.74 bits per heavy atom. The van der Waals surface area contributed by atoms with Crippen molar-refractivity contribution in [1.82, 2.24) is 0 Å². The second kappa shape index (κ2) is 7.51. The van der Waals surface area contributed by atoms with Gasteiger partial charge in [0, 0.05) is 18.2 Å². The number of para-hydroxylation sites is 1. The summed E-state index contributed by atoms with van der Waals surface area (Å²) in [6, 6.07) is 8.18. The molecule has 0 spiro atoms. The molecule has 0 unspecified atom stereocenters. The fourth-order valence-electron chi connectivity index (χ4n) is 2.71. The van der Waals surface area contributed by atoms with E-state index in [1.54, 1.807) is 0 Å². The molecule has 1 aromatic carbocycles. The standard InChI is InChI=1S/C15H22N2O.ClH/c1-2-11-6-3-4-9-14(11)17-15(18)10-12-7-5-8-13(12)16;/h3-4,6,9,12-13H,2,5,7-8,10,16H2,1H3,(H,17,18);1H/t12-,13+;/m0./s1. The van der Waals surface area contributed by atoms with E-state index in [2.05, 4.69) is 18.3 Å². The van der Waals surface area contributed by atoms with Gasteiger partial charge in [-0.2, -0.15) is 0 Å². The van der Waals surface area contributed by atoms with Crippen LogP contribution in [-0.2, 0) is 11.2 Å². The third kappa shape index (κ3) is 4.22. The molecule has 1 aromatic rings. The van der Waals surface area contributed by atoms with Gasteiger partial charge in [-0.05, 0) is 36.8 Å². The molecule has 3 nitrogen and oxygen atoms in total. The van der Waals surface area contributed by atoms with Crippen LogP contribution in [0.1, 0.15) is 38.2 Å². The van der Waals surface area contributed by atoms with E-state index < -0.39 is 0 Å². The van der Waals surface area contributed by atoms with Crippen molar-refractivity contribution in [2.24, 2.45) is 11.7 Å². The molecule has 106 valence electrons. The lowest BCUT2D eigenvalue weighted by Gasteiger charge is -2.15. The number of benzene rings is 1. The van der Waals surface area contributed by atoms with Crippen LogP contribution in [0.2, 0.25) is 0 Å². The van der Waals surface area contributed by atoms with Gasteiger partial charge in [-0.3, -0.25) is 4.79 Å². The highest BCUT2D eigenvalue weighted by molar-refractivity contribution is 5.91. The molecule has 1 aliphatic rings. The van der Waals surface area contributed by atoms with E-state index in [1.165, 1.54) is 5.56 Å². The van der Waals surface area contributed by atoms with E-state index >= 15 is 0 Å². The normalized spacial score (nSPS) is 21.8. The van der Waals surface area contributed by atoms with Crippen molar-refractivity contribution >= 4 is 24.0 Å². The maximum absolute atomic E-state index is 12.0. The summed E-state index contributed by atoms with van der Waals surface area (Å²) >= 11 is 0. The molecular weight excluding hydrogens is 260 g/mol. The van der Waals surface area contributed by atoms with Crippen molar-refractivity contribution in [1.29, 1.82) is 0 Å². The average molecular weight is 283 g/mol. The number of carbonyl (C=O) groups is 1. The van der Waals surface area contributed by atoms with Gasteiger partial charge < -0.3 is 11.1 Å². The summed E-state index contributed by atoms with van der Waals surface area (Å²) in [7, 11) is 0. The minimum absolute atomic E-state index is 0. The van der Waals surface area contributed by atoms with E-state index in [0.717, 1.165) is 31.4 Å². The van der Waals surface area contributed by atoms with E-state index in [0.29, 0.717) is 12.3 Å². The van der Waals surface area contributed by atoms with Crippen LogP contribution in [0.15, 0.2) is 24.3 Å². The minimum Gasteiger partial charge on any atom is -0.327 e. The molecule has 0 saturated heterocycles. The van der Waals surface area contributed by atoms with Crippen molar-refractivity contribution in [3.8, 4) is 0 Å². The van der Waals surface area contributed by atoms with E-state index in [9.17, 15) is 4.79 Å². The van der Waals surface area contributed by atoms with Crippen LogP contribution in [0.3, 0.4) is 0 Å². The van der Waals surface area contributed by atoms with Gasteiger partial charge in [0.2, 0.25) is 5.91 Å². The molecule has 4 heteroatoms.